The third kappa shape index (κ3) is 3.43. The van der Waals surface area contributed by atoms with E-state index in [1.165, 1.54) is 24.4 Å². The van der Waals surface area contributed by atoms with Gasteiger partial charge in [0.05, 0.1) is 11.9 Å². The average Bonchev–Trinajstić information content (AvgIpc) is 2.61. The zero-order valence-corrected chi connectivity index (χ0v) is 14.2. The Morgan fingerprint density at radius 1 is 1.15 bits per heavy atom. The Hall–Kier alpha value is -2.77. The minimum Gasteiger partial charge on any atom is -0.477 e. The second kappa shape index (κ2) is 6.44. The standard InChI is InChI=1S/C19H17F3N2O3/c20-19(21,22)27-13-3-1-2-12(8-13)24-14-9-23-17(18(25)26)16-11-6-4-10(5-7-11)15(14)16/h1-3,8-11,24H,4-7H2,(H,25,26). The van der Waals surface area contributed by atoms with E-state index >= 15 is 0 Å². The number of alkyl halides is 3. The summed E-state index contributed by atoms with van der Waals surface area (Å²) in [7, 11) is 0. The fourth-order valence-electron chi connectivity index (χ4n) is 4.26. The molecule has 0 radical (unpaired) electrons. The number of rotatable bonds is 4. The van der Waals surface area contributed by atoms with Crippen molar-refractivity contribution in [3.05, 3.63) is 47.3 Å². The summed E-state index contributed by atoms with van der Waals surface area (Å²) in [4.78, 5) is 15.7. The van der Waals surface area contributed by atoms with Crippen molar-refractivity contribution in [2.24, 2.45) is 0 Å². The van der Waals surface area contributed by atoms with Crippen LogP contribution in [-0.2, 0) is 0 Å². The predicted octanol–water partition coefficient (Wildman–Crippen LogP) is 5.18. The van der Waals surface area contributed by atoms with Gasteiger partial charge in [0.2, 0.25) is 0 Å². The highest BCUT2D eigenvalue weighted by atomic mass is 19.4. The van der Waals surface area contributed by atoms with E-state index in [9.17, 15) is 23.1 Å². The highest BCUT2D eigenvalue weighted by Gasteiger charge is 2.38. The molecule has 0 unspecified atom stereocenters. The van der Waals surface area contributed by atoms with E-state index < -0.39 is 12.3 Å². The zero-order chi connectivity index (χ0) is 19.2. The normalized spacial score (nSPS) is 20.9. The second-order valence-corrected chi connectivity index (χ2v) is 6.90. The maximum atomic E-state index is 12.4. The van der Waals surface area contributed by atoms with Gasteiger partial charge in [0, 0.05) is 11.8 Å². The number of carboxylic acid groups (broad SMARTS) is 1. The van der Waals surface area contributed by atoms with E-state index in [1.54, 1.807) is 6.07 Å². The largest absolute Gasteiger partial charge is 0.573 e. The molecule has 3 aliphatic carbocycles. The topological polar surface area (TPSA) is 71.5 Å². The monoisotopic (exact) mass is 378 g/mol. The van der Waals surface area contributed by atoms with Crippen LogP contribution in [0.15, 0.2) is 30.5 Å². The Labute approximate surface area is 153 Å². The molecule has 3 aliphatic rings. The lowest BCUT2D eigenvalue weighted by Crippen LogP contribution is -2.26. The van der Waals surface area contributed by atoms with Crippen molar-refractivity contribution in [2.45, 2.75) is 43.9 Å². The number of ether oxygens (including phenoxy) is 1. The molecule has 2 bridgehead atoms. The lowest BCUT2D eigenvalue weighted by Gasteiger charge is -2.39. The molecule has 0 atom stereocenters. The summed E-state index contributed by atoms with van der Waals surface area (Å²) in [6.07, 6.45) is 0.539. The van der Waals surface area contributed by atoms with Gasteiger partial charge in [-0.15, -0.1) is 13.2 Å². The SMILES string of the molecule is O=C(O)c1ncc(Nc2cccc(OC(F)(F)F)c2)c2c1C1CCC2CC1. The Kier molecular flexibility index (Phi) is 4.20. The van der Waals surface area contributed by atoms with Crippen LogP contribution in [-0.4, -0.2) is 22.4 Å². The van der Waals surface area contributed by atoms with Gasteiger partial charge in [-0.05, 0) is 60.8 Å². The fraction of sp³-hybridized carbons (Fsp3) is 0.368. The summed E-state index contributed by atoms with van der Waals surface area (Å²) >= 11 is 0. The predicted molar refractivity (Wildman–Crippen MR) is 91.6 cm³/mol. The number of hydrogen-bond donors (Lipinski definition) is 2. The van der Waals surface area contributed by atoms with Crippen molar-refractivity contribution in [2.75, 3.05) is 5.32 Å². The third-order valence-corrected chi connectivity index (χ3v) is 5.25. The number of benzene rings is 1. The van der Waals surface area contributed by atoms with E-state index in [-0.39, 0.29) is 23.3 Å². The molecule has 1 heterocycles. The van der Waals surface area contributed by atoms with Crippen molar-refractivity contribution < 1.29 is 27.8 Å². The first kappa shape index (κ1) is 17.6. The Morgan fingerprint density at radius 3 is 2.44 bits per heavy atom. The zero-order valence-electron chi connectivity index (χ0n) is 14.2. The molecule has 1 fully saturated rings. The summed E-state index contributed by atoms with van der Waals surface area (Å²) in [5.41, 5.74) is 2.86. The summed E-state index contributed by atoms with van der Waals surface area (Å²) in [6, 6.07) is 5.57. The average molecular weight is 378 g/mol. The molecule has 142 valence electrons. The van der Waals surface area contributed by atoms with E-state index in [1.807, 2.05) is 0 Å². The molecule has 2 aromatic rings. The van der Waals surface area contributed by atoms with Crippen LogP contribution in [0.25, 0.3) is 0 Å². The maximum absolute atomic E-state index is 12.4. The van der Waals surface area contributed by atoms with Crippen molar-refractivity contribution in [1.29, 1.82) is 0 Å². The molecule has 0 amide bonds. The minimum atomic E-state index is -4.76. The van der Waals surface area contributed by atoms with Crippen molar-refractivity contribution in [1.82, 2.24) is 4.98 Å². The third-order valence-electron chi connectivity index (χ3n) is 5.25. The Bertz CT molecular complexity index is 890. The first-order chi connectivity index (χ1) is 12.8. The Morgan fingerprint density at radius 2 is 1.81 bits per heavy atom. The van der Waals surface area contributed by atoms with Crippen LogP contribution in [0.4, 0.5) is 24.5 Å². The van der Waals surface area contributed by atoms with E-state index in [0.717, 1.165) is 36.8 Å². The fourth-order valence-corrected chi connectivity index (χ4v) is 4.26. The smallest absolute Gasteiger partial charge is 0.477 e. The van der Waals surface area contributed by atoms with Gasteiger partial charge < -0.3 is 15.2 Å². The van der Waals surface area contributed by atoms with Crippen LogP contribution in [0.1, 0.15) is 59.1 Å². The molecule has 27 heavy (non-hydrogen) atoms. The number of anilines is 2. The van der Waals surface area contributed by atoms with Gasteiger partial charge in [-0.25, -0.2) is 9.78 Å². The van der Waals surface area contributed by atoms with Gasteiger partial charge in [-0.1, -0.05) is 6.07 Å². The molecule has 0 saturated heterocycles. The molecule has 1 aromatic heterocycles. The number of carboxylic acids is 1. The molecule has 1 saturated carbocycles. The van der Waals surface area contributed by atoms with Crippen LogP contribution in [0.3, 0.4) is 0 Å². The number of halogens is 3. The van der Waals surface area contributed by atoms with Gasteiger partial charge in [0.15, 0.2) is 5.69 Å². The van der Waals surface area contributed by atoms with Gasteiger partial charge in [-0.3, -0.25) is 0 Å². The summed E-state index contributed by atoms with van der Waals surface area (Å²) < 4.78 is 41.3. The molecular formula is C19H17F3N2O3. The maximum Gasteiger partial charge on any atom is 0.573 e. The summed E-state index contributed by atoms with van der Waals surface area (Å²) in [5.74, 6) is -0.961. The highest BCUT2D eigenvalue weighted by Crippen LogP contribution is 2.52. The molecule has 0 aliphatic heterocycles. The summed E-state index contributed by atoms with van der Waals surface area (Å²) in [6.45, 7) is 0. The molecular weight excluding hydrogens is 361 g/mol. The second-order valence-electron chi connectivity index (χ2n) is 6.90. The van der Waals surface area contributed by atoms with Gasteiger partial charge in [0.1, 0.15) is 5.75 Å². The molecule has 5 rings (SSSR count). The number of carbonyl (C=O) groups is 1. The number of aromatic nitrogens is 1. The lowest BCUT2D eigenvalue weighted by atomic mass is 9.66. The number of aromatic carboxylic acids is 1. The van der Waals surface area contributed by atoms with Gasteiger partial charge in [-0.2, -0.15) is 0 Å². The van der Waals surface area contributed by atoms with Crippen molar-refractivity contribution >= 4 is 17.3 Å². The van der Waals surface area contributed by atoms with E-state index in [2.05, 4.69) is 15.0 Å². The number of hydrogen-bond acceptors (Lipinski definition) is 4. The van der Waals surface area contributed by atoms with Crippen LogP contribution < -0.4 is 10.1 Å². The molecule has 8 heteroatoms. The first-order valence-electron chi connectivity index (χ1n) is 8.71. The van der Waals surface area contributed by atoms with Gasteiger partial charge >= 0.3 is 12.3 Å². The molecule has 1 aromatic carbocycles. The van der Waals surface area contributed by atoms with Crippen LogP contribution in [0, 0.1) is 0 Å². The number of nitrogens with one attached hydrogen (secondary N) is 1. The number of pyridine rings is 1. The molecule has 0 spiro atoms. The van der Waals surface area contributed by atoms with E-state index in [0.29, 0.717) is 11.4 Å². The number of fused-ring (bicyclic) bond motifs is 2. The Balaban J connectivity index is 1.71. The first-order valence-corrected chi connectivity index (χ1v) is 8.71. The molecule has 5 nitrogen and oxygen atoms in total. The van der Waals surface area contributed by atoms with Crippen LogP contribution in [0.5, 0.6) is 5.75 Å². The minimum absolute atomic E-state index is 0.0825. The van der Waals surface area contributed by atoms with Crippen LogP contribution >= 0.6 is 0 Å². The lowest BCUT2D eigenvalue weighted by molar-refractivity contribution is -0.274. The number of nitrogens with zero attached hydrogens (tertiary/aromatic N) is 1. The van der Waals surface area contributed by atoms with Crippen LogP contribution in [0.2, 0.25) is 0 Å². The molecule has 2 N–H and O–H groups in total. The summed E-state index contributed by atoms with van der Waals surface area (Å²) in [5, 5.41) is 12.6. The van der Waals surface area contributed by atoms with E-state index in [4.69, 9.17) is 0 Å². The van der Waals surface area contributed by atoms with Gasteiger partial charge in [0.25, 0.3) is 0 Å². The van der Waals surface area contributed by atoms with Crippen molar-refractivity contribution in [3.8, 4) is 5.75 Å². The quantitative estimate of drug-likeness (QED) is 0.767. The highest BCUT2D eigenvalue weighted by molar-refractivity contribution is 5.89. The van der Waals surface area contributed by atoms with Crippen molar-refractivity contribution in [3.63, 3.8) is 0 Å².